The van der Waals surface area contributed by atoms with Crippen LogP contribution in [0.25, 0.3) is 11.5 Å². The molecule has 2 rings (SSSR count). The first kappa shape index (κ1) is 8.31. The summed E-state index contributed by atoms with van der Waals surface area (Å²) in [6.07, 6.45) is 1.41. The van der Waals surface area contributed by atoms with Crippen molar-refractivity contribution in [2.24, 2.45) is 0 Å². The van der Waals surface area contributed by atoms with Gasteiger partial charge in [0.15, 0.2) is 6.07 Å². The third-order valence-corrected chi connectivity index (χ3v) is 1.55. The monoisotopic (exact) mass is 187 g/mol. The fraction of sp³-hybridized carbons (Fsp3) is 0.125. The zero-order valence-electron chi connectivity index (χ0n) is 7.30. The summed E-state index contributed by atoms with van der Waals surface area (Å²) in [4.78, 5) is 11.7. The molecule has 68 valence electrons. The second-order valence-corrected chi connectivity index (χ2v) is 2.58. The van der Waals surface area contributed by atoms with Gasteiger partial charge >= 0.3 is 5.89 Å². The molecule has 0 aliphatic rings. The lowest BCUT2D eigenvalue weighted by Gasteiger charge is -1.92. The average Bonchev–Trinajstić information content (AvgIpc) is 2.66. The molecular weight excluding hydrogens is 182 g/mol. The summed E-state index contributed by atoms with van der Waals surface area (Å²) in [5, 5.41) is 12.1. The Morgan fingerprint density at radius 2 is 2.29 bits per heavy atom. The molecular formula is C8H5N5O. The molecule has 0 aliphatic carbocycles. The van der Waals surface area contributed by atoms with Crippen molar-refractivity contribution in [1.82, 2.24) is 20.1 Å². The summed E-state index contributed by atoms with van der Waals surface area (Å²) >= 11 is 0. The fourth-order valence-corrected chi connectivity index (χ4v) is 0.950. The van der Waals surface area contributed by atoms with Crippen molar-refractivity contribution in [3.05, 3.63) is 24.0 Å². The third-order valence-electron chi connectivity index (χ3n) is 1.55. The summed E-state index contributed by atoms with van der Waals surface area (Å²) in [7, 11) is 0. The van der Waals surface area contributed by atoms with Gasteiger partial charge in [0.05, 0.1) is 0 Å². The molecule has 0 saturated carbocycles. The summed E-state index contributed by atoms with van der Waals surface area (Å²) in [5.41, 5.74) is 1.35. The van der Waals surface area contributed by atoms with E-state index in [1.165, 1.54) is 6.33 Å². The second kappa shape index (κ2) is 3.22. The number of aryl methyl sites for hydroxylation is 1. The van der Waals surface area contributed by atoms with E-state index in [1.54, 1.807) is 12.1 Å². The highest BCUT2D eigenvalue weighted by molar-refractivity contribution is 5.48. The van der Waals surface area contributed by atoms with Gasteiger partial charge < -0.3 is 4.52 Å². The summed E-state index contributed by atoms with van der Waals surface area (Å²) in [6, 6.07) is 3.46. The smallest absolute Gasteiger partial charge is 0.322 e. The SMILES string of the molecule is Cc1cc(-c2noc(C#N)n2)ncn1. The zero-order chi connectivity index (χ0) is 9.97. The molecule has 6 heteroatoms. The topological polar surface area (TPSA) is 88.5 Å². The lowest BCUT2D eigenvalue weighted by Crippen LogP contribution is -1.89. The van der Waals surface area contributed by atoms with Crippen LogP contribution in [0.5, 0.6) is 0 Å². The molecule has 0 saturated heterocycles. The van der Waals surface area contributed by atoms with Crippen molar-refractivity contribution in [3.63, 3.8) is 0 Å². The zero-order valence-corrected chi connectivity index (χ0v) is 7.30. The Balaban J connectivity index is 2.45. The van der Waals surface area contributed by atoms with E-state index in [-0.39, 0.29) is 5.89 Å². The molecule has 2 heterocycles. The number of aromatic nitrogens is 4. The predicted octanol–water partition coefficient (Wildman–Crippen LogP) is 0.707. The van der Waals surface area contributed by atoms with Crippen LogP contribution in [0, 0.1) is 18.3 Å². The van der Waals surface area contributed by atoms with Crippen LogP contribution in [0.15, 0.2) is 16.9 Å². The second-order valence-electron chi connectivity index (χ2n) is 2.58. The summed E-state index contributed by atoms with van der Waals surface area (Å²) in [5.74, 6) is 0.225. The standard InChI is InChI=1S/C8H5N5O/c1-5-2-6(11-4-10-5)8-12-7(3-9)14-13-8/h2,4H,1H3. The maximum atomic E-state index is 8.47. The minimum atomic E-state index is -0.0729. The van der Waals surface area contributed by atoms with Crippen LogP contribution in [0.2, 0.25) is 0 Å². The van der Waals surface area contributed by atoms with Crippen LogP contribution in [0.3, 0.4) is 0 Å². The molecule has 0 N–H and O–H groups in total. The van der Waals surface area contributed by atoms with Gasteiger partial charge in [0.1, 0.15) is 12.0 Å². The van der Waals surface area contributed by atoms with E-state index >= 15 is 0 Å². The van der Waals surface area contributed by atoms with Crippen LogP contribution in [-0.2, 0) is 0 Å². The maximum absolute atomic E-state index is 8.47. The first-order valence-corrected chi connectivity index (χ1v) is 3.82. The first-order chi connectivity index (χ1) is 6.79. The molecule has 0 atom stereocenters. The van der Waals surface area contributed by atoms with Crippen molar-refractivity contribution in [2.45, 2.75) is 6.92 Å². The number of rotatable bonds is 1. The minimum absolute atomic E-state index is 0.0729. The van der Waals surface area contributed by atoms with Crippen molar-refractivity contribution < 1.29 is 4.52 Å². The Labute approximate surface area is 79.2 Å². The number of nitrogens with zero attached hydrogens (tertiary/aromatic N) is 5. The highest BCUT2D eigenvalue weighted by Crippen LogP contribution is 2.11. The quantitative estimate of drug-likeness (QED) is 0.653. The maximum Gasteiger partial charge on any atom is 0.329 e. The van der Waals surface area contributed by atoms with Crippen LogP contribution < -0.4 is 0 Å². The lowest BCUT2D eigenvalue weighted by molar-refractivity contribution is 0.408. The van der Waals surface area contributed by atoms with E-state index in [9.17, 15) is 0 Å². The molecule has 0 fully saturated rings. The molecule has 0 amide bonds. The molecule has 6 nitrogen and oxygen atoms in total. The largest absolute Gasteiger partial charge is 0.329 e. The van der Waals surface area contributed by atoms with E-state index < -0.39 is 0 Å². The van der Waals surface area contributed by atoms with Crippen molar-refractivity contribution in [1.29, 1.82) is 5.26 Å². The highest BCUT2D eigenvalue weighted by Gasteiger charge is 2.08. The Morgan fingerprint density at radius 1 is 1.43 bits per heavy atom. The van der Waals surface area contributed by atoms with Crippen molar-refractivity contribution in [2.75, 3.05) is 0 Å². The first-order valence-electron chi connectivity index (χ1n) is 3.82. The fourth-order valence-electron chi connectivity index (χ4n) is 0.950. The molecule has 0 aromatic carbocycles. The average molecular weight is 187 g/mol. The highest BCUT2D eigenvalue weighted by atomic mass is 16.5. The summed E-state index contributed by atoms with van der Waals surface area (Å²) < 4.78 is 4.63. The lowest BCUT2D eigenvalue weighted by atomic mass is 10.3. The Hall–Kier alpha value is -2.29. The van der Waals surface area contributed by atoms with Gasteiger partial charge in [0.2, 0.25) is 5.82 Å². The van der Waals surface area contributed by atoms with Crippen molar-refractivity contribution in [3.8, 4) is 17.6 Å². The molecule has 0 aliphatic heterocycles. The summed E-state index contributed by atoms with van der Waals surface area (Å²) in [6.45, 7) is 1.83. The number of hydrogen-bond acceptors (Lipinski definition) is 6. The van der Waals surface area contributed by atoms with Gasteiger partial charge in [-0.2, -0.15) is 10.2 Å². The van der Waals surface area contributed by atoms with Crippen LogP contribution in [0.1, 0.15) is 11.6 Å². The van der Waals surface area contributed by atoms with Gasteiger partial charge in [-0.15, -0.1) is 0 Å². The molecule has 0 spiro atoms. The number of hydrogen-bond donors (Lipinski definition) is 0. The van der Waals surface area contributed by atoms with Gasteiger partial charge in [-0.1, -0.05) is 5.16 Å². The third kappa shape index (κ3) is 1.43. The van der Waals surface area contributed by atoms with E-state index in [0.29, 0.717) is 11.5 Å². The normalized spacial score (nSPS) is 9.71. The van der Waals surface area contributed by atoms with Gasteiger partial charge in [-0.25, -0.2) is 9.97 Å². The molecule has 2 aromatic rings. The van der Waals surface area contributed by atoms with E-state index in [1.807, 2.05) is 6.92 Å². The molecule has 0 unspecified atom stereocenters. The Bertz CT molecular complexity index is 498. The van der Waals surface area contributed by atoms with Gasteiger partial charge in [-0.3, -0.25) is 0 Å². The van der Waals surface area contributed by atoms with Crippen molar-refractivity contribution >= 4 is 0 Å². The van der Waals surface area contributed by atoms with E-state index in [4.69, 9.17) is 5.26 Å². The van der Waals surface area contributed by atoms with E-state index in [2.05, 4.69) is 24.6 Å². The van der Waals surface area contributed by atoms with Gasteiger partial charge in [-0.05, 0) is 13.0 Å². The molecule has 0 radical (unpaired) electrons. The molecule has 14 heavy (non-hydrogen) atoms. The van der Waals surface area contributed by atoms with E-state index in [0.717, 1.165) is 5.69 Å². The van der Waals surface area contributed by atoms with Gasteiger partial charge in [0.25, 0.3) is 0 Å². The van der Waals surface area contributed by atoms with Crippen LogP contribution in [-0.4, -0.2) is 20.1 Å². The van der Waals surface area contributed by atoms with Crippen LogP contribution in [0.4, 0.5) is 0 Å². The minimum Gasteiger partial charge on any atom is -0.322 e. The number of nitriles is 1. The molecule has 2 aromatic heterocycles. The Morgan fingerprint density at radius 3 is 2.93 bits per heavy atom. The Kier molecular flexibility index (Phi) is 1.91. The molecule has 0 bridgehead atoms. The van der Waals surface area contributed by atoms with Gasteiger partial charge in [0, 0.05) is 5.69 Å². The van der Waals surface area contributed by atoms with Crippen LogP contribution >= 0.6 is 0 Å². The predicted molar refractivity (Wildman–Crippen MR) is 44.8 cm³/mol.